The summed E-state index contributed by atoms with van der Waals surface area (Å²) in [6.45, 7) is 27.9. The standard InChI is InChI=1S/C23H44.C23H38.C22H37N.C19H30/c2*1-23(2,3)19-22-17-15-21(16-18-22)14-8-5-4-7-11-20-12-9-6-10-13-20;1-22(2,3)17-21-16-15-20(18-23-21)14-8-5-4-7-11-19-12-9-6-10-13-19;1-19(2,3)15-18-13-11-17(12-14-18)10-9-16-7-5-4-6-8-16/h20-22H,4-19H2,1-3H3;15-18,20H,4-14,19H2,1-3H3;15-16,18-19H,4-14,17H2,1-3H3;11-14,16H,4-10,15H2,1-3H3. The predicted octanol–water partition coefficient (Wildman–Crippen LogP) is 28.0. The van der Waals surface area contributed by atoms with E-state index in [1.807, 2.05) is 0 Å². The van der Waals surface area contributed by atoms with E-state index >= 15 is 0 Å². The van der Waals surface area contributed by atoms with Crippen molar-refractivity contribution in [3.63, 3.8) is 0 Å². The van der Waals surface area contributed by atoms with Gasteiger partial charge >= 0.3 is 0 Å². The van der Waals surface area contributed by atoms with Crippen molar-refractivity contribution in [3.05, 3.63) is 100 Å². The number of hydrogen-bond acceptors (Lipinski definition) is 1. The van der Waals surface area contributed by atoms with Gasteiger partial charge in [0.25, 0.3) is 0 Å². The van der Waals surface area contributed by atoms with Crippen LogP contribution in [0.4, 0.5) is 0 Å². The maximum Gasteiger partial charge on any atom is 0.0409 e. The van der Waals surface area contributed by atoms with E-state index in [-0.39, 0.29) is 0 Å². The fraction of sp³-hybridized carbons (Fsp3) is 0.805. The lowest BCUT2D eigenvalue weighted by Gasteiger charge is -2.32. The average Bonchev–Trinajstić information content (AvgIpc) is 3.69. The molecule has 5 aliphatic rings. The summed E-state index contributed by atoms with van der Waals surface area (Å²) in [5.41, 5.74) is 10.3. The van der Waals surface area contributed by atoms with E-state index in [1.54, 1.807) is 0 Å². The molecule has 0 bridgehead atoms. The van der Waals surface area contributed by atoms with Gasteiger partial charge in [-0.2, -0.15) is 0 Å². The highest BCUT2D eigenvalue weighted by Gasteiger charge is 2.25. The number of aromatic nitrogens is 1. The zero-order valence-corrected chi connectivity index (χ0v) is 61.2. The van der Waals surface area contributed by atoms with E-state index in [0.29, 0.717) is 21.7 Å². The maximum atomic E-state index is 4.64. The number of hydrogen-bond donors (Lipinski definition) is 0. The molecule has 8 rings (SSSR count). The smallest absolute Gasteiger partial charge is 0.0409 e. The molecule has 1 aromatic heterocycles. The summed E-state index contributed by atoms with van der Waals surface area (Å²) in [4.78, 5) is 4.64. The molecule has 1 heteroatoms. The van der Waals surface area contributed by atoms with Crippen LogP contribution in [0.15, 0.2) is 66.9 Å². The molecule has 88 heavy (non-hydrogen) atoms. The SMILES string of the molecule is CC(C)(C)CC1CCC(CCCCCCC2CCCCC2)CC1.CC(C)(C)Cc1ccc(CCC2CCCCC2)cc1.CC(C)(C)Cc1ccc(CCCCCCC2CCCCC2)cc1.CC(C)(C)Cc1ccc(CCCCCCC2CCCCC2)cn1. The van der Waals surface area contributed by atoms with Gasteiger partial charge in [0.1, 0.15) is 0 Å². The second-order valence-corrected chi connectivity index (χ2v) is 35.6. The first-order valence-electron chi connectivity index (χ1n) is 39.2. The van der Waals surface area contributed by atoms with Crippen molar-refractivity contribution >= 4 is 0 Å². The molecule has 5 aliphatic carbocycles. The van der Waals surface area contributed by atoms with Crippen LogP contribution in [0, 0.1) is 57.2 Å². The van der Waals surface area contributed by atoms with E-state index < -0.39 is 0 Å². The number of aryl methyl sites for hydroxylation is 3. The van der Waals surface area contributed by atoms with Crippen molar-refractivity contribution in [2.45, 2.75) is 391 Å². The summed E-state index contributed by atoms with van der Waals surface area (Å²) >= 11 is 0. The second-order valence-electron chi connectivity index (χ2n) is 35.6. The van der Waals surface area contributed by atoms with Crippen LogP contribution in [-0.4, -0.2) is 4.98 Å². The topological polar surface area (TPSA) is 12.9 Å². The van der Waals surface area contributed by atoms with Crippen LogP contribution in [0.2, 0.25) is 0 Å². The second kappa shape index (κ2) is 42.7. The molecule has 1 nitrogen and oxygen atoms in total. The third-order valence-corrected chi connectivity index (χ3v) is 21.4. The van der Waals surface area contributed by atoms with E-state index in [1.165, 1.54) is 335 Å². The molecule has 0 unspecified atom stereocenters. The zero-order valence-electron chi connectivity index (χ0n) is 61.2. The Morgan fingerprint density at radius 1 is 0.261 bits per heavy atom. The fourth-order valence-electron chi connectivity index (χ4n) is 16.4. The highest BCUT2D eigenvalue weighted by molar-refractivity contribution is 5.24. The number of benzene rings is 2. The first-order valence-corrected chi connectivity index (χ1v) is 39.2. The van der Waals surface area contributed by atoms with Gasteiger partial charge in [-0.15, -0.1) is 0 Å². The Kier molecular flexibility index (Phi) is 37.1. The van der Waals surface area contributed by atoms with Crippen LogP contribution in [0.3, 0.4) is 0 Å². The van der Waals surface area contributed by atoms with E-state index in [0.717, 1.165) is 41.9 Å². The molecule has 1 heterocycles. The molecule has 0 atom stereocenters. The molecule has 2 aromatic carbocycles. The van der Waals surface area contributed by atoms with Gasteiger partial charge in [0.05, 0.1) is 0 Å². The molecular formula is C87H149N. The number of nitrogens with zero attached hydrogens (tertiary/aromatic N) is 1. The molecule has 0 N–H and O–H groups in total. The van der Waals surface area contributed by atoms with E-state index in [9.17, 15) is 0 Å². The Balaban J connectivity index is 0.000000214. The predicted molar refractivity (Wildman–Crippen MR) is 392 cm³/mol. The Morgan fingerprint density at radius 2 is 0.557 bits per heavy atom. The molecule has 5 fully saturated rings. The molecule has 0 radical (unpaired) electrons. The Morgan fingerprint density at radius 3 is 0.898 bits per heavy atom. The minimum atomic E-state index is 0.326. The molecule has 0 amide bonds. The van der Waals surface area contributed by atoms with Crippen molar-refractivity contribution in [2.75, 3.05) is 0 Å². The lowest BCUT2D eigenvalue weighted by Crippen LogP contribution is -2.19. The van der Waals surface area contributed by atoms with E-state index in [2.05, 4.69) is 155 Å². The van der Waals surface area contributed by atoms with Gasteiger partial charge in [-0.3, -0.25) is 4.98 Å². The lowest BCUT2D eigenvalue weighted by atomic mass is 9.73. The molecule has 0 saturated heterocycles. The summed E-state index contributed by atoms with van der Waals surface area (Å²) in [6.07, 6.45) is 71.5. The molecule has 0 spiro atoms. The molecule has 3 aromatic rings. The summed E-state index contributed by atoms with van der Waals surface area (Å²) in [5, 5.41) is 0. The van der Waals surface area contributed by atoms with Crippen LogP contribution in [0.5, 0.6) is 0 Å². The summed E-state index contributed by atoms with van der Waals surface area (Å²) < 4.78 is 0. The Bertz CT molecular complexity index is 2010. The fourth-order valence-corrected chi connectivity index (χ4v) is 16.4. The maximum absolute atomic E-state index is 4.64. The largest absolute Gasteiger partial charge is 0.261 e. The van der Waals surface area contributed by atoms with Crippen LogP contribution < -0.4 is 0 Å². The normalized spacial score (nSPS) is 19.6. The van der Waals surface area contributed by atoms with Crippen LogP contribution in [0.1, 0.15) is 386 Å². The van der Waals surface area contributed by atoms with Crippen LogP contribution in [0.25, 0.3) is 0 Å². The lowest BCUT2D eigenvalue weighted by molar-refractivity contribution is 0.197. The number of unbranched alkanes of at least 4 members (excludes halogenated alkanes) is 9. The minimum absolute atomic E-state index is 0.326. The van der Waals surface area contributed by atoms with Gasteiger partial charge < -0.3 is 0 Å². The quantitative estimate of drug-likeness (QED) is 0.0661. The molecule has 0 aliphatic heterocycles. The van der Waals surface area contributed by atoms with Crippen molar-refractivity contribution in [1.82, 2.24) is 4.98 Å². The minimum Gasteiger partial charge on any atom is -0.261 e. The first kappa shape index (κ1) is 76.3. The highest BCUT2D eigenvalue weighted by Crippen LogP contribution is 2.39. The van der Waals surface area contributed by atoms with Gasteiger partial charge in [-0.25, -0.2) is 0 Å². The third-order valence-electron chi connectivity index (χ3n) is 21.4. The highest BCUT2D eigenvalue weighted by atomic mass is 14.7. The van der Waals surface area contributed by atoms with Gasteiger partial charge in [0.15, 0.2) is 0 Å². The zero-order chi connectivity index (χ0) is 63.4. The van der Waals surface area contributed by atoms with Gasteiger partial charge in [0, 0.05) is 11.9 Å². The number of pyridine rings is 1. The van der Waals surface area contributed by atoms with Crippen molar-refractivity contribution < 1.29 is 0 Å². The monoisotopic (exact) mass is 1210 g/mol. The third kappa shape index (κ3) is 38.6. The van der Waals surface area contributed by atoms with Crippen molar-refractivity contribution in [3.8, 4) is 0 Å². The molecular weight excluding hydrogens is 1060 g/mol. The summed E-state index contributed by atoms with van der Waals surface area (Å²) in [6, 6.07) is 23.3. The molecule has 502 valence electrons. The number of rotatable bonds is 28. The van der Waals surface area contributed by atoms with Crippen LogP contribution >= 0.6 is 0 Å². The van der Waals surface area contributed by atoms with E-state index in [4.69, 9.17) is 0 Å². The van der Waals surface area contributed by atoms with Gasteiger partial charge in [-0.05, 0) is 155 Å². The Labute approximate surface area is 550 Å². The Hall–Kier alpha value is -2.41. The van der Waals surface area contributed by atoms with Crippen molar-refractivity contribution in [2.24, 2.45) is 57.2 Å². The van der Waals surface area contributed by atoms with Gasteiger partial charge in [0.2, 0.25) is 0 Å². The first-order chi connectivity index (χ1) is 42.1. The molecule has 5 saturated carbocycles. The van der Waals surface area contributed by atoms with Crippen LogP contribution in [-0.2, 0) is 38.5 Å². The van der Waals surface area contributed by atoms with Gasteiger partial charge in [-0.1, -0.05) is 382 Å². The summed E-state index contributed by atoms with van der Waals surface area (Å²) in [5.74, 6) is 6.33. The summed E-state index contributed by atoms with van der Waals surface area (Å²) in [7, 11) is 0. The van der Waals surface area contributed by atoms with Crippen molar-refractivity contribution in [1.29, 1.82) is 0 Å². The average molecular weight is 1210 g/mol.